The summed E-state index contributed by atoms with van der Waals surface area (Å²) in [5.74, 6) is -0.332. The predicted octanol–water partition coefficient (Wildman–Crippen LogP) is 0.175. The van der Waals surface area contributed by atoms with E-state index < -0.39 is 12.0 Å². The summed E-state index contributed by atoms with van der Waals surface area (Å²) in [5.41, 5.74) is 0. The number of aliphatic hydroxyl groups excluding tert-OH is 1. The Balaban J connectivity index is 3.35. The monoisotopic (exact) mass is 122 g/mol. The van der Waals surface area contributed by atoms with Crippen molar-refractivity contribution in [1.29, 1.82) is 0 Å². The van der Waals surface area contributed by atoms with E-state index in [1.165, 1.54) is 6.92 Å². The van der Waals surface area contributed by atoms with Gasteiger partial charge >= 0.3 is 0 Å². The molecule has 1 N–H and O–H groups in total. The average molecular weight is 123 g/mol. The number of hydrogen-bond acceptors (Lipinski definition) is 2. The summed E-state index contributed by atoms with van der Waals surface area (Å²) in [5, 5.41) is 7.52. The highest BCUT2D eigenvalue weighted by atomic mass is 35.5. The molecule has 42 valence electrons. The number of halogens is 1. The molecule has 0 saturated heterocycles. The molecule has 0 aliphatic heterocycles. The first-order valence-electron chi connectivity index (χ1n) is 1.96. The smallest absolute Gasteiger partial charge is 0.175 e. The van der Waals surface area contributed by atoms with Crippen LogP contribution in [0.25, 0.3) is 0 Å². The van der Waals surface area contributed by atoms with Crippen LogP contribution in [0.3, 0.4) is 0 Å². The molecule has 7 heavy (non-hydrogen) atoms. The summed E-state index contributed by atoms with van der Waals surface area (Å²) >= 11 is 5.22. The zero-order chi connectivity index (χ0) is 5.86. The van der Waals surface area contributed by atoms with Crippen molar-refractivity contribution in [3.8, 4) is 0 Å². The molecule has 1 unspecified atom stereocenters. The first-order valence-corrected chi connectivity index (χ1v) is 2.39. The minimum Gasteiger partial charge on any atom is -0.389 e. The SMILES string of the molecule is CC(Cl)C(=O)CO. The van der Waals surface area contributed by atoms with Crippen molar-refractivity contribution < 1.29 is 9.90 Å². The summed E-state index contributed by atoms with van der Waals surface area (Å²) in [7, 11) is 0. The van der Waals surface area contributed by atoms with Gasteiger partial charge in [0.25, 0.3) is 0 Å². The number of carbonyl (C=O) groups excluding carboxylic acids is 1. The maximum Gasteiger partial charge on any atom is 0.175 e. The van der Waals surface area contributed by atoms with Crippen LogP contribution < -0.4 is 0 Å². The Morgan fingerprint density at radius 3 is 2.43 bits per heavy atom. The van der Waals surface area contributed by atoms with Crippen LogP contribution in [0.4, 0.5) is 0 Å². The lowest BCUT2D eigenvalue weighted by Crippen LogP contribution is -2.13. The van der Waals surface area contributed by atoms with Gasteiger partial charge in [-0.15, -0.1) is 11.6 Å². The summed E-state index contributed by atoms with van der Waals surface area (Å²) in [6.45, 7) is 1.07. The van der Waals surface area contributed by atoms with E-state index in [0.717, 1.165) is 0 Å². The Bertz CT molecular complexity index is 70.1. The van der Waals surface area contributed by atoms with Gasteiger partial charge in [-0.2, -0.15) is 0 Å². The second-order valence-electron chi connectivity index (χ2n) is 1.24. The molecular weight excluding hydrogens is 115 g/mol. The molecule has 0 aliphatic rings. The number of ketones is 1. The highest BCUT2D eigenvalue weighted by Gasteiger charge is 2.04. The number of aliphatic hydroxyl groups is 1. The van der Waals surface area contributed by atoms with Gasteiger partial charge in [0.1, 0.15) is 6.61 Å². The van der Waals surface area contributed by atoms with E-state index in [1.54, 1.807) is 0 Å². The number of Topliss-reactive ketones (excluding diaryl/α,β-unsaturated/α-hetero) is 1. The minimum atomic E-state index is -0.551. The Hall–Kier alpha value is -0.0800. The molecule has 0 heterocycles. The van der Waals surface area contributed by atoms with Gasteiger partial charge in [-0.1, -0.05) is 0 Å². The van der Waals surface area contributed by atoms with Crippen LogP contribution >= 0.6 is 11.6 Å². The molecular formula is C4H7ClO2. The lowest BCUT2D eigenvalue weighted by molar-refractivity contribution is -0.121. The van der Waals surface area contributed by atoms with Crippen molar-refractivity contribution in [3.05, 3.63) is 0 Å². The van der Waals surface area contributed by atoms with Crippen molar-refractivity contribution in [2.75, 3.05) is 6.61 Å². The van der Waals surface area contributed by atoms with Gasteiger partial charge in [-0.25, -0.2) is 0 Å². The molecule has 0 fully saturated rings. The third kappa shape index (κ3) is 2.60. The lowest BCUT2D eigenvalue weighted by Gasteiger charge is -1.93. The van der Waals surface area contributed by atoms with Crippen molar-refractivity contribution in [2.24, 2.45) is 0 Å². The van der Waals surface area contributed by atoms with Gasteiger partial charge in [0.05, 0.1) is 5.38 Å². The fourth-order valence-electron chi connectivity index (χ4n) is 0.126. The Labute approximate surface area is 47.1 Å². The molecule has 0 amide bonds. The predicted molar refractivity (Wildman–Crippen MR) is 27.4 cm³/mol. The van der Waals surface area contributed by atoms with E-state index in [2.05, 4.69) is 0 Å². The van der Waals surface area contributed by atoms with Crippen LogP contribution in [0.1, 0.15) is 6.92 Å². The van der Waals surface area contributed by atoms with E-state index >= 15 is 0 Å². The summed E-state index contributed by atoms with van der Waals surface area (Å²) in [4.78, 5) is 10.1. The van der Waals surface area contributed by atoms with Crippen LogP contribution in [-0.2, 0) is 4.79 Å². The molecule has 2 nitrogen and oxygen atoms in total. The highest BCUT2D eigenvalue weighted by molar-refractivity contribution is 6.30. The van der Waals surface area contributed by atoms with Crippen LogP contribution in [-0.4, -0.2) is 22.9 Å². The normalized spacial score (nSPS) is 13.6. The van der Waals surface area contributed by atoms with Crippen molar-refractivity contribution >= 4 is 17.4 Å². The first kappa shape index (κ1) is 6.92. The van der Waals surface area contributed by atoms with Gasteiger partial charge in [0.15, 0.2) is 5.78 Å². The van der Waals surface area contributed by atoms with E-state index in [1.807, 2.05) is 0 Å². The minimum absolute atomic E-state index is 0.332. The van der Waals surface area contributed by atoms with Gasteiger partial charge in [0, 0.05) is 0 Å². The maximum absolute atomic E-state index is 10.1. The molecule has 0 rings (SSSR count). The zero-order valence-corrected chi connectivity index (χ0v) is 4.77. The molecule has 0 aliphatic carbocycles. The first-order chi connectivity index (χ1) is 3.18. The van der Waals surface area contributed by atoms with E-state index in [-0.39, 0.29) is 5.78 Å². The molecule has 3 heteroatoms. The van der Waals surface area contributed by atoms with Crippen LogP contribution in [0, 0.1) is 0 Å². The standard InChI is InChI=1S/C4H7ClO2/c1-3(5)4(7)2-6/h3,6H,2H2,1H3. The summed E-state index contributed by atoms with van der Waals surface area (Å²) in [6, 6.07) is 0. The fraction of sp³-hybridized carbons (Fsp3) is 0.750. The van der Waals surface area contributed by atoms with Gasteiger partial charge in [-0.05, 0) is 6.92 Å². The summed E-state index contributed by atoms with van der Waals surface area (Å²) < 4.78 is 0. The largest absolute Gasteiger partial charge is 0.389 e. The fourth-order valence-corrected chi connectivity index (χ4v) is 0.195. The molecule has 0 aromatic rings. The van der Waals surface area contributed by atoms with Crippen molar-refractivity contribution in [2.45, 2.75) is 12.3 Å². The van der Waals surface area contributed by atoms with Gasteiger partial charge in [-0.3, -0.25) is 4.79 Å². The van der Waals surface area contributed by atoms with Crippen LogP contribution in [0.2, 0.25) is 0 Å². The lowest BCUT2D eigenvalue weighted by atomic mass is 10.3. The number of rotatable bonds is 2. The average Bonchev–Trinajstić information content (AvgIpc) is 1.65. The Kier molecular flexibility index (Phi) is 2.96. The third-order valence-electron chi connectivity index (χ3n) is 0.600. The van der Waals surface area contributed by atoms with E-state index in [4.69, 9.17) is 16.7 Å². The second-order valence-corrected chi connectivity index (χ2v) is 1.90. The van der Waals surface area contributed by atoms with Gasteiger partial charge < -0.3 is 5.11 Å². The maximum atomic E-state index is 10.1. The molecule has 0 aromatic carbocycles. The zero-order valence-electron chi connectivity index (χ0n) is 4.02. The highest BCUT2D eigenvalue weighted by Crippen LogP contribution is 1.92. The van der Waals surface area contributed by atoms with E-state index in [9.17, 15) is 4.79 Å². The Morgan fingerprint density at radius 2 is 2.43 bits per heavy atom. The van der Waals surface area contributed by atoms with Crippen LogP contribution in [0.15, 0.2) is 0 Å². The van der Waals surface area contributed by atoms with Crippen molar-refractivity contribution in [3.63, 3.8) is 0 Å². The molecule has 0 radical (unpaired) electrons. The Morgan fingerprint density at radius 1 is 2.00 bits per heavy atom. The van der Waals surface area contributed by atoms with Crippen LogP contribution in [0.5, 0.6) is 0 Å². The molecule has 1 atom stereocenters. The third-order valence-corrected chi connectivity index (χ3v) is 0.843. The topological polar surface area (TPSA) is 37.3 Å². The quantitative estimate of drug-likeness (QED) is 0.531. The van der Waals surface area contributed by atoms with Crippen molar-refractivity contribution in [1.82, 2.24) is 0 Å². The number of carbonyl (C=O) groups is 1. The van der Waals surface area contributed by atoms with E-state index in [0.29, 0.717) is 0 Å². The molecule has 0 aromatic heterocycles. The second kappa shape index (κ2) is 2.99. The van der Waals surface area contributed by atoms with Gasteiger partial charge in [0.2, 0.25) is 0 Å². The molecule has 0 spiro atoms. The summed E-state index contributed by atoms with van der Waals surface area (Å²) in [6.07, 6.45) is 0. The molecule has 0 bridgehead atoms. The molecule has 0 saturated carbocycles. The number of alkyl halides is 1. The number of hydrogen-bond donors (Lipinski definition) is 1.